The van der Waals surface area contributed by atoms with Gasteiger partial charge < -0.3 is 5.73 Å². The largest absolute Gasteiger partial charge is 0.369 e. The van der Waals surface area contributed by atoms with Crippen molar-refractivity contribution < 1.29 is 9.18 Å². The molecule has 0 spiro atoms. The maximum absolute atomic E-state index is 14.0. The number of hydrogen-bond donors (Lipinski definition) is 1. The lowest BCUT2D eigenvalue weighted by atomic mass is 10.0. The molecule has 7 heteroatoms. The Balaban J connectivity index is 2.05. The number of carbonyl (C=O) groups excluding carboxylic acids is 1. The quantitative estimate of drug-likeness (QED) is 0.895. The molecule has 1 aliphatic rings. The Morgan fingerprint density at radius 3 is 2.62 bits per heavy atom. The molecular weight excluding hydrogens is 273 g/mol. The number of nitrogens with zero attached hydrogens (tertiary/aromatic N) is 4. The van der Waals surface area contributed by atoms with E-state index in [-0.39, 0.29) is 11.9 Å². The summed E-state index contributed by atoms with van der Waals surface area (Å²) < 4.78 is 14.0. The molecule has 1 unspecified atom stereocenters. The third-order valence-electron chi connectivity index (χ3n) is 3.35. The van der Waals surface area contributed by atoms with Crippen LogP contribution in [-0.4, -0.2) is 33.8 Å². The first kappa shape index (κ1) is 13.2. The smallest absolute Gasteiger partial charge is 0.258 e. The first-order valence-corrected chi connectivity index (χ1v) is 6.23. The molecule has 0 saturated carbocycles. The van der Waals surface area contributed by atoms with Gasteiger partial charge in [0.25, 0.3) is 5.91 Å². The standard InChI is InChI=1S/C14H12FN5O/c1-20-13(21)12(19-14(20)16)8-2-3-11(15)10(4-8)9-5-17-7-18-6-9/h2-7,12H,1H3,(H2,16,19). The topological polar surface area (TPSA) is 84.5 Å². The van der Waals surface area contributed by atoms with E-state index < -0.39 is 11.9 Å². The highest BCUT2D eigenvalue weighted by Crippen LogP contribution is 2.29. The van der Waals surface area contributed by atoms with Gasteiger partial charge in [-0.3, -0.25) is 9.69 Å². The number of halogens is 1. The Morgan fingerprint density at radius 2 is 2.00 bits per heavy atom. The SMILES string of the molecule is CN1C(=O)C(c2ccc(F)c(-c3cncnc3)c2)N=C1N. The molecule has 106 valence electrons. The molecule has 6 nitrogen and oxygen atoms in total. The molecule has 1 amide bonds. The lowest BCUT2D eigenvalue weighted by molar-refractivity contribution is -0.126. The van der Waals surface area contributed by atoms with E-state index >= 15 is 0 Å². The van der Waals surface area contributed by atoms with E-state index in [0.29, 0.717) is 16.7 Å². The van der Waals surface area contributed by atoms with Crippen LogP contribution in [0.2, 0.25) is 0 Å². The second-order valence-electron chi connectivity index (χ2n) is 4.65. The number of hydrogen-bond acceptors (Lipinski definition) is 5. The summed E-state index contributed by atoms with van der Waals surface area (Å²) >= 11 is 0. The lowest BCUT2D eigenvalue weighted by Crippen LogP contribution is -2.34. The van der Waals surface area contributed by atoms with Gasteiger partial charge in [-0.2, -0.15) is 0 Å². The van der Waals surface area contributed by atoms with E-state index in [9.17, 15) is 9.18 Å². The first-order chi connectivity index (χ1) is 10.1. The number of aromatic nitrogens is 2. The van der Waals surface area contributed by atoms with Gasteiger partial charge in [0.2, 0.25) is 0 Å². The molecule has 2 N–H and O–H groups in total. The van der Waals surface area contributed by atoms with Crippen molar-refractivity contribution in [1.29, 1.82) is 0 Å². The highest BCUT2D eigenvalue weighted by molar-refractivity contribution is 6.04. The van der Waals surface area contributed by atoms with Crippen LogP contribution in [0.15, 0.2) is 41.9 Å². The predicted octanol–water partition coefficient (Wildman–Crippen LogP) is 1.11. The number of benzene rings is 1. The number of amides is 1. The third-order valence-corrected chi connectivity index (χ3v) is 3.35. The second kappa shape index (κ2) is 4.93. The van der Waals surface area contributed by atoms with Gasteiger partial charge in [0.05, 0.1) is 0 Å². The van der Waals surface area contributed by atoms with Gasteiger partial charge >= 0.3 is 0 Å². The average molecular weight is 285 g/mol. The molecule has 1 aromatic carbocycles. The summed E-state index contributed by atoms with van der Waals surface area (Å²) in [5.74, 6) is -0.502. The Labute approximate surface area is 120 Å². The average Bonchev–Trinajstić information content (AvgIpc) is 2.76. The Bertz CT molecular complexity index is 731. The molecular formula is C14H12FN5O. The van der Waals surface area contributed by atoms with Crippen molar-refractivity contribution in [3.8, 4) is 11.1 Å². The van der Waals surface area contributed by atoms with Gasteiger partial charge in [0.15, 0.2) is 12.0 Å². The van der Waals surface area contributed by atoms with Crippen molar-refractivity contribution in [2.24, 2.45) is 10.7 Å². The maximum Gasteiger partial charge on any atom is 0.258 e. The van der Waals surface area contributed by atoms with Crippen LogP contribution in [0.4, 0.5) is 4.39 Å². The van der Waals surface area contributed by atoms with Crippen LogP contribution in [0.3, 0.4) is 0 Å². The molecule has 1 aromatic heterocycles. The van der Waals surface area contributed by atoms with Gasteiger partial charge in [0.1, 0.15) is 12.1 Å². The summed E-state index contributed by atoms with van der Waals surface area (Å²) in [4.78, 5) is 25.2. The van der Waals surface area contributed by atoms with Gasteiger partial charge in [-0.25, -0.2) is 19.4 Å². The highest BCUT2D eigenvalue weighted by Gasteiger charge is 2.32. The van der Waals surface area contributed by atoms with Crippen LogP contribution >= 0.6 is 0 Å². The van der Waals surface area contributed by atoms with Crippen LogP contribution < -0.4 is 5.73 Å². The minimum Gasteiger partial charge on any atom is -0.369 e. The van der Waals surface area contributed by atoms with Crippen molar-refractivity contribution in [2.75, 3.05) is 7.05 Å². The normalized spacial score (nSPS) is 18.0. The monoisotopic (exact) mass is 285 g/mol. The molecule has 0 radical (unpaired) electrons. The fraction of sp³-hybridized carbons (Fsp3) is 0.143. The molecule has 21 heavy (non-hydrogen) atoms. The van der Waals surface area contributed by atoms with E-state index in [0.717, 1.165) is 0 Å². The third kappa shape index (κ3) is 2.22. The predicted molar refractivity (Wildman–Crippen MR) is 74.6 cm³/mol. The Kier molecular flexibility index (Phi) is 3.09. The zero-order valence-electron chi connectivity index (χ0n) is 11.2. The molecule has 1 atom stereocenters. The van der Waals surface area contributed by atoms with E-state index in [4.69, 9.17) is 5.73 Å². The minimum absolute atomic E-state index is 0.152. The summed E-state index contributed by atoms with van der Waals surface area (Å²) in [5.41, 5.74) is 7.07. The number of likely N-dealkylation sites (N-methyl/N-ethyl adjacent to an activating group) is 1. The van der Waals surface area contributed by atoms with Gasteiger partial charge in [0, 0.05) is 30.6 Å². The van der Waals surface area contributed by atoms with E-state index in [1.165, 1.54) is 35.8 Å². The van der Waals surface area contributed by atoms with E-state index in [1.54, 1.807) is 13.1 Å². The van der Waals surface area contributed by atoms with Crippen LogP contribution in [0.1, 0.15) is 11.6 Å². The van der Waals surface area contributed by atoms with E-state index in [1.807, 2.05) is 0 Å². The number of guanidine groups is 1. The van der Waals surface area contributed by atoms with Crippen LogP contribution in [0, 0.1) is 5.82 Å². The van der Waals surface area contributed by atoms with Crippen LogP contribution in [0.5, 0.6) is 0 Å². The molecule has 3 rings (SSSR count). The summed E-state index contributed by atoms with van der Waals surface area (Å²) in [7, 11) is 1.55. The van der Waals surface area contributed by atoms with Crippen LogP contribution in [-0.2, 0) is 4.79 Å². The number of carbonyl (C=O) groups is 1. The summed E-state index contributed by atoms with van der Waals surface area (Å²) in [5, 5.41) is 0. The number of aliphatic imine (C=N–C) groups is 1. The fourth-order valence-corrected chi connectivity index (χ4v) is 2.16. The minimum atomic E-state index is -0.737. The van der Waals surface area contributed by atoms with Gasteiger partial charge in [-0.15, -0.1) is 0 Å². The van der Waals surface area contributed by atoms with Gasteiger partial charge in [-0.05, 0) is 17.7 Å². The first-order valence-electron chi connectivity index (χ1n) is 6.23. The summed E-state index contributed by atoms with van der Waals surface area (Å²) in [6.45, 7) is 0. The van der Waals surface area contributed by atoms with Crippen molar-refractivity contribution in [3.63, 3.8) is 0 Å². The van der Waals surface area contributed by atoms with Crippen molar-refractivity contribution >= 4 is 11.9 Å². The molecule has 1 aliphatic heterocycles. The molecule has 0 fully saturated rings. The molecule has 2 heterocycles. The molecule has 0 saturated heterocycles. The maximum atomic E-state index is 14.0. The Morgan fingerprint density at radius 1 is 1.29 bits per heavy atom. The van der Waals surface area contributed by atoms with E-state index in [2.05, 4.69) is 15.0 Å². The zero-order chi connectivity index (χ0) is 15.0. The summed E-state index contributed by atoms with van der Waals surface area (Å²) in [6, 6.07) is 3.67. The van der Waals surface area contributed by atoms with Crippen molar-refractivity contribution in [3.05, 3.63) is 48.3 Å². The van der Waals surface area contributed by atoms with Crippen molar-refractivity contribution in [2.45, 2.75) is 6.04 Å². The molecule has 0 bridgehead atoms. The van der Waals surface area contributed by atoms with Gasteiger partial charge in [-0.1, -0.05) is 6.07 Å². The zero-order valence-corrected chi connectivity index (χ0v) is 11.2. The fourth-order valence-electron chi connectivity index (χ4n) is 2.16. The number of rotatable bonds is 2. The number of nitrogens with two attached hydrogens (primary N) is 1. The van der Waals surface area contributed by atoms with Crippen molar-refractivity contribution in [1.82, 2.24) is 14.9 Å². The highest BCUT2D eigenvalue weighted by atomic mass is 19.1. The van der Waals surface area contributed by atoms with Crippen LogP contribution in [0.25, 0.3) is 11.1 Å². The molecule has 2 aromatic rings. The molecule has 0 aliphatic carbocycles. The lowest BCUT2D eigenvalue weighted by Gasteiger charge is -2.11. The Hall–Kier alpha value is -2.83. The second-order valence-corrected chi connectivity index (χ2v) is 4.65. The summed E-state index contributed by atoms with van der Waals surface area (Å²) in [6.07, 6.45) is 4.39.